The monoisotopic (exact) mass is 1390 g/mol. The van der Waals surface area contributed by atoms with E-state index in [1.165, 1.54) is 39.2 Å². The van der Waals surface area contributed by atoms with Gasteiger partial charge in [-0.2, -0.15) is 0 Å². The van der Waals surface area contributed by atoms with Gasteiger partial charge in [-0.15, -0.1) is 0 Å². The van der Waals surface area contributed by atoms with Gasteiger partial charge in [0.1, 0.15) is 77.9 Å². The van der Waals surface area contributed by atoms with Gasteiger partial charge in [-0.25, -0.2) is 0 Å². The molecule has 12 unspecified atom stereocenters. The number of nitrogens with one attached hydrogen (secondary N) is 7. The molecular formula is C65H88N9O25-. The Hall–Kier alpha value is -8.77. The minimum atomic E-state index is -2.51. The molecule has 2 saturated heterocycles. The van der Waals surface area contributed by atoms with Gasteiger partial charge in [0.05, 0.1) is 61.4 Å². The van der Waals surface area contributed by atoms with Crippen molar-refractivity contribution in [2.24, 2.45) is 17.6 Å². The number of nitrogens with two attached hydrogens (primary N) is 1. The maximum Gasteiger partial charge on any atom is 0.245 e. The number of likely N-dealkylation sites (tertiary alicyclic amines) is 1. The number of hydrogen-bond donors (Lipinski definition) is 16. The molecule has 0 radical (unpaired) electrons. The minimum absolute atomic E-state index is 0.0285. The number of phenols is 2. The molecule has 2 aromatic rings. The highest BCUT2D eigenvalue weighted by Gasteiger charge is 2.51. The number of aliphatic carboxylic acids is 1. The molecule has 0 bridgehead atoms. The van der Waals surface area contributed by atoms with E-state index in [0.717, 1.165) is 11.3 Å². The molecule has 17 N–H and O–H groups in total. The van der Waals surface area contributed by atoms with Crippen molar-refractivity contribution in [3.8, 4) is 17.2 Å². The Morgan fingerprint density at radius 1 is 0.747 bits per heavy atom. The van der Waals surface area contributed by atoms with Crippen LogP contribution in [0.25, 0.3) is 0 Å². The van der Waals surface area contributed by atoms with Crippen LogP contribution < -0.4 is 52.8 Å². The molecule has 34 nitrogen and oxygen atoms in total. The number of Topliss-reactive ketones (excluding diaryl/α,β-unsaturated/α-hetero) is 1. The second-order valence-electron chi connectivity index (χ2n) is 26.1. The van der Waals surface area contributed by atoms with Crippen molar-refractivity contribution in [2.45, 2.75) is 209 Å². The lowest BCUT2D eigenvalue weighted by atomic mass is 9.72. The summed E-state index contributed by atoms with van der Waals surface area (Å²) >= 11 is 0. The average molecular weight is 1400 g/mol. The number of hydrogen-bond acceptors (Lipinski definition) is 25. The summed E-state index contributed by atoms with van der Waals surface area (Å²) in [5, 5.41) is 116. The highest BCUT2D eigenvalue weighted by molar-refractivity contribution is 6.31. The van der Waals surface area contributed by atoms with E-state index in [9.17, 15) is 108 Å². The molecule has 1 saturated carbocycles. The Morgan fingerprint density at radius 2 is 1.36 bits per heavy atom. The van der Waals surface area contributed by atoms with Crippen LogP contribution in [0.5, 0.6) is 17.2 Å². The molecule has 9 amide bonds. The highest BCUT2D eigenvalue weighted by Crippen LogP contribution is 2.53. The second kappa shape index (κ2) is 33.9. The number of fused-ring (bicyclic) bond motifs is 3. The lowest BCUT2D eigenvalue weighted by molar-refractivity contribution is -0.305. The predicted octanol–water partition coefficient (Wildman–Crippen LogP) is -5.15. The van der Waals surface area contributed by atoms with E-state index < -0.39 is 248 Å². The first-order valence-electron chi connectivity index (χ1n) is 32.8. The highest BCUT2D eigenvalue weighted by atomic mass is 16.7. The first kappa shape index (κ1) is 77.6. The Morgan fingerprint density at radius 3 is 1.98 bits per heavy atom. The van der Waals surface area contributed by atoms with Crippen LogP contribution >= 0.6 is 0 Å². The largest absolute Gasteiger partial charge is 0.550 e. The number of phenolic OH excluding ortho intramolecular Hbond substituents is 2. The zero-order chi connectivity index (χ0) is 73.1. The molecule has 5 aliphatic rings. The summed E-state index contributed by atoms with van der Waals surface area (Å²) in [5.74, 6) is -15.8. The molecule has 544 valence electrons. The third-order valence-electron chi connectivity index (χ3n) is 18.5. The van der Waals surface area contributed by atoms with Gasteiger partial charge in [-0.1, -0.05) is 45.2 Å². The SMILES string of the molecule is COc1cccc2c1C(=O)c1c(O)c3c(c(O)c1C2=O)CC(O)(C(=O)CO)CC3OC1CC(NC(=O)[C@H](CC(C)C)NC(=O)C(CO)NC(=O)[C@H](CCC(N)=O)NC(=O)C(NC(=O)C(CO)NC(=O)C(C)NC(=O)C2CC(O)CN2C(=O)CCCC(=O)[O-])C2CCCCC2)C(O)C(C)O1. The van der Waals surface area contributed by atoms with Crippen molar-refractivity contribution < 1.29 is 122 Å². The number of primary amides is 1. The molecule has 2 aromatic carbocycles. The molecule has 0 aromatic heterocycles. The summed E-state index contributed by atoms with van der Waals surface area (Å²) in [6.07, 6.45) is -8.33. The van der Waals surface area contributed by atoms with Crippen LogP contribution in [0.4, 0.5) is 0 Å². The van der Waals surface area contributed by atoms with Crippen molar-refractivity contribution in [3.05, 3.63) is 51.6 Å². The maximum atomic E-state index is 14.4. The molecule has 3 aliphatic carbocycles. The van der Waals surface area contributed by atoms with Gasteiger partial charge in [0.2, 0.25) is 58.9 Å². The van der Waals surface area contributed by atoms with Crippen molar-refractivity contribution in [1.29, 1.82) is 0 Å². The lowest BCUT2D eigenvalue weighted by Crippen LogP contribution is -2.62. The van der Waals surface area contributed by atoms with Crippen LogP contribution in [0.2, 0.25) is 0 Å². The van der Waals surface area contributed by atoms with E-state index in [2.05, 4.69) is 37.2 Å². The number of benzene rings is 2. The van der Waals surface area contributed by atoms with Crippen LogP contribution in [0, 0.1) is 11.8 Å². The fourth-order valence-corrected chi connectivity index (χ4v) is 13.3. The molecule has 3 fully saturated rings. The minimum Gasteiger partial charge on any atom is -0.550 e. The number of aliphatic hydroxyl groups is 6. The number of amides is 9. The number of carbonyl (C=O) groups is 13. The van der Waals surface area contributed by atoms with Crippen molar-refractivity contribution in [2.75, 3.05) is 33.5 Å². The normalized spacial score (nSPS) is 23.8. The third-order valence-corrected chi connectivity index (χ3v) is 18.5. The Labute approximate surface area is 567 Å². The maximum absolute atomic E-state index is 14.4. The number of ether oxygens (including phenoxy) is 3. The van der Waals surface area contributed by atoms with E-state index in [-0.39, 0.29) is 66.1 Å². The van der Waals surface area contributed by atoms with Gasteiger partial charge < -0.3 is 113 Å². The van der Waals surface area contributed by atoms with Crippen molar-refractivity contribution >= 4 is 76.5 Å². The van der Waals surface area contributed by atoms with Gasteiger partial charge in [0.25, 0.3) is 0 Å². The number of aliphatic hydroxyl groups excluding tert-OH is 5. The quantitative estimate of drug-likeness (QED) is 0.0268. The first-order chi connectivity index (χ1) is 46.8. The predicted molar refractivity (Wildman–Crippen MR) is 337 cm³/mol. The number of carbonyl (C=O) groups excluding carboxylic acids is 13. The molecule has 34 heteroatoms. The number of methoxy groups -OCH3 is 1. The average Bonchev–Trinajstić information content (AvgIpc) is 1.09. The topological polar surface area (TPSA) is 548 Å². The van der Waals surface area contributed by atoms with Crippen LogP contribution in [0.3, 0.4) is 0 Å². The van der Waals surface area contributed by atoms with Crippen LogP contribution in [0.1, 0.15) is 167 Å². The number of nitrogens with zero attached hydrogens (tertiary/aromatic N) is 1. The molecule has 99 heavy (non-hydrogen) atoms. The first-order valence-corrected chi connectivity index (χ1v) is 32.8. The standard InChI is InChI=1S/C65H89N9O25/c1-28(2)19-37(60(91)69-36-21-47(98-30(4)53(36)84)99-42-23-65(96,43(79)27-77)22-34-49(42)57(88)51-50(55(34)86)54(85)33-13-9-14-41(97-5)48(33)56(51)87)70-61(92)38(25-75)72-59(90)35(17-18-44(66)80)68-64(95)52(31-11-7-6-8-12-31)73-62(93)39(26-76)71-58(89)29(3)67-63(94)40-20-32(78)24-74(40)45(81)15-10-16-46(82)83/h9,13-14,28-32,35-40,42,47,52-53,75-78,84,86,88,96H,6-8,10-12,15-27H2,1-5H3,(H2,66,80)(H,67,94)(H,68,95)(H,69,91)(H,70,92)(H,71,89)(H,72,90)(H,73,93)(H,82,83)/p-1/t29?,30?,32?,35-,36?,37-,38?,39?,40?,42?,47?,52?,53?,65?/m0/s1. The van der Waals surface area contributed by atoms with Gasteiger partial charge in [0.15, 0.2) is 17.9 Å². The van der Waals surface area contributed by atoms with Crippen LogP contribution in [-0.2, 0) is 68.6 Å². The molecule has 2 aliphatic heterocycles. The summed E-state index contributed by atoms with van der Waals surface area (Å²) in [4.78, 5) is 176. The summed E-state index contributed by atoms with van der Waals surface area (Å²) in [5.41, 5.74) is 0.550. The van der Waals surface area contributed by atoms with Crippen molar-refractivity contribution in [3.63, 3.8) is 0 Å². The van der Waals surface area contributed by atoms with E-state index in [0.29, 0.717) is 25.7 Å². The summed E-state index contributed by atoms with van der Waals surface area (Å²) in [6.45, 7) is 2.43. The van der Waals surface area contributed by atoms with Gasteiger partial charge in [-0.05, 0) is 70.3 Å². The summed E-state index contributed by atoms with van der Waals surface area (Å²) < 4.78 is 17.7. The third kappa shape index (κ3) is 18.4. The van der Waals surface area contributed by atoms with E-state index in [1.54, 1.807) is 13.8 Å². The van der Waals surface area contributed by atoms with E-state index in [1.807, 2.05) is 0 Å². The molecule has 0 spiro atoms. The van der Waals surface area contributed by atoms with Crippen molar-refractivity contribution in [1.82, 2.24) is 42.1 Å². The Bertz CT molecular complexity index is 3430. The summed E-state index contributed by atoms with van der Waals surface area (Å²) in [7, 11) is 1.25. The molecule has 2 heterocycles. The fraction of sp³-hybridized carbons (Fsp3) is 0.615. The number of β-amino-alcohol motifs (C(OH)–C–C–N with tert-alkyl or cyclic N) is 1. The van der Waals surface area contributed by atoms with E-state index in [4.69, 9.17) is 19.9 Å². The molecule has 14 atom stereocenters. The number of rotatable bonds is 31. The van der Waals surface area contributed by atoms with Crippen LogP contribution in [-0.4, -0.2) is 234 Å². The second-order valence-corrected chi connectivity index (χ2v) is 26.1. The number of carboxylic acids is 1. The smallest absolute Gasteiger partial charge is 0.245 e. The number of ketones is 3. The summed E-state index contributed by atoms with van der Waals surface area (Å²) in [6, 6.07) is -8.10. The Balaban J connectivity index is 1.03. The van der Waals surface area contributed by atoms with Gasteiger partial charge in [0, 0.05) is 67.7 Å². The Kier molecular flexibility index (Phi) is 26.5. The zero-order valence-electron chi connectivity index (χ0n) is 55.4. The van der Waals surface area contributed by atoms with Gasteiger partial charge in [-0.3, -0.25) is 57.5 Å². The van der Waals surface area contributed by atoms with E-state index >= 15 is 0 Å². The fourth-order valence-electron chi connectivity index (χ4n) is 13.3. The number of carboxylic acid groups (broad SMARTS) is 1. The van der Waals surface area contributed by atoms with Gasteiger partial charge >= 0.3 is 0 Å². The molecule has 7 rings (SSSR count). The number of aromatic hydroxyl groups is 2. The molecular weight excluding hydrogens is 1310 g/mol. The lowest BCUT2D eigenvalue weighted by Gasteiger charge is -2.43. The zero-order valence-corrected chi connectivity index (χ0v) is 55.4. The van der Waals surface area contributed by atoms with Crippen LogP contribution in [0.15, 0.2) is 18.2 Å².